The molecule has 0 spiro atoms. The van der Waals surface area contributed by atoms with E-state index in [-0.39, 0.29) is 5.91 Å². The number of nitrogens with one attached hydrogen (secondary N) is 1. The van der Waals surface area contributed by atoms with Crippen molar-refractivity contribution in [1.82, 2.24) is 9.88 Å². The van der Waals surface area contributed by atoms with Gasteiger partial charge in [0.15, 0.2) is 0 Å². The zero-order chi connectivity index (χ0) is 15.2. The molecule has 5 nitrogen and oxygen atoms in total. The van der Waals surface area contributed by atoms with Crippen LogP contribution in [0.2, 0.25) is 0 Å². The largest absolute Gasteiger partial charge is 0.387 e. The van der Waals surface area contributed by atoms with Gasteiger partial charge in [-0.15, -0.1) is 0 Å². The summed E-state index contributed by atoms with van der Waals surface area (Å²) in [7, 11) is 3.37. The number of aromatic nitrogens is 1. The minimum absolute atomic E-state index is 0.151. The Morgan fingerprint density at radius 2 is 2.00 bits per heavy atom. The fourth-order valence-electron chi connectivity index (χ4n) is 1.89. The van der Waals surface area contributed by atoms with Gasteiger partial charge in [-0.2, -0.15) is 0 Å². The van der Waals surface area contributed by atoms with Gasteiger partial charge in [0.25, 0.3) is 5.91 Å². The maximum atomic E-state index is 11.8. The fourth-order valence-corrected chi connectivity index (χ4v) is 1.89. The molecule has 1 unspecified atom stereocenters. The summed E-state index contributed by atoms with van der Waals surface area (Å²) >= 11 is 0. The predicted molar refractivity (Wildman–Crippen MR) is 82.1 cm³/mol. The molecular formula is C16H19N3O2. The van der Waals surface area contributed by atoms with E-state index in [2.05, 4.69) is 10.3 Å². The Labute approximate surface area is 124 Å². The lowest BCUT2D eigenvalue weighted by Gasteiger charge is -2.14. The molecule has 1 heterocycles. The van der Waals surface area contributed by atoms with Gasteiger partial charge in [-0.1, -0.05) is 30.3 Å². The lowest BCUT2D eigenvalue weighted by molar-refractivity contribution is 0.0822. The van der Waals surface area contributed by atoms with E-state index in [9.17, 15) is 9.90 Å². The topological polar surface area (TPSA) is 65.5 Å². The van der Waals surface area contributed by atoms with Crippen LogP contribution < -0.4 is 5.32 Å². The highest BCUT2D eigenvalue weighted by Gasteiger charge is 2.11. The molecule has 2 rings (SSSR count). The van der Waals surface area contributed by atoms with Crippen LogP contribution in [0.3, 0.4) is 0 Å². The number of aliphatic hydroxyl groups is 1. The SMILES string of the molecule is CN(C)C(=O)c1cc(NCC(O)c2ccccc2)ccn1. The molecule has 0 radical (unpaired) electrons. The maximum absolute atomic E-state index is 11.8. The third-order valence-electron chi connectivity index (χ3n) is 3.07. The summed E-state index contributed by atoms with van der Waals surface area (Å²) in [5.41, 5.74) is 1.98. The van der Waals surface area contributed by atoms with E-state index in [1.807, 2.05) is 30.3 Å². The minimum atomic E-state index is -0.604. The van der Waals surface area contributed by atoms with Crippen molar-refractivity contribution in [3.63, 3.8) is 0 Å². The van der Waals surface area contributed by atoms with Crippen LogP contribution in [-0.2, 0) is 0 Å². The molecule has 1 atom stereocenters. The summed E-state index contributed by atoms with van der Waals surface area (Å²) in [5.74, 6) is -0.151. The van der Waals surface area contributed by atoms with E-state index < -0.39 is 6.10 Å². The lowest BCUT2D eigenvalue weighted by Crippen LogP contribution is -2.23. The smallest absolute Gasteiger partial charge is 0.272 e. The molecule has 0 bridgehead atoms. The molecule has 0 aliphatic rings. The first-order valence-corrected chi connectivity index (χ1v) is 6.72. The first-order chi connectivity index (χ1) is 10.1. The van der Waals surface area contributed by atoms with Crippen molar-refractivity contribution in [1.29, 1.82) is 0 Å². The van der Waals surface area contributed by atoms with E-state index in [1.165, 1.54) is 4.90 Å². The normalized spacial score (nSPS) is 11.8. The Balaban J connectivity index is 2.01. The number of rotatable bonds is 5. The van der Waals surface area contributed by atoms with Gasteiger partial charge in [-0.05, 0) is 17.7 Å². The first kappa shape index (κ1) is 15.0. The summed E-state index contributed by atoms with van der Waals surface area (Å²) in [4.78, 5) is 17.4. The molecule has 2 N–H and O–H groups in total. The van der Waals surface area contributed by atoms with Gasteiger partial charge in [-0.3, -0.25) is 9.78 Å². The second-order valence-electron chi connectivity index (χ2n) is 4.94. The van der Waals surface area contributed by atoms with Crippen LogP contribution in [0.4, 0.5) is 5.69 Å². The number of pyridine rings is 1. The molecule has 2 aromatic rings. The quantitative estimate of drug-likeness (QED) is 0.881. The number of carbonyl (C=O) groups is 1. The lowest BCUT2D eigenvalue weighted by atomic mass is 10.1. The number of hydrogen-bond acceptors (Lipinski definition) is 4. The Morgan fingerprint density at radius 3 is 2.67 bits per heavy atom. The van der Waals surface area contributed by atoms with Crippen molar-refractivity contribution in [2.75, 3.05) is 26.0 Å². The fraction of sp³-hybridized carbons (Fsp3) is 0.250. The molecule has 1 amide bonds. The Kier molecular flexibility index (Phi) is 4.90. The zero-order valence-electron chi connectivity index (χ0n) is 12.2. The van der Waals surface area contributed by atoms with Crippen LogP contribution in [0.1, 0.15) is 22.2 Å². The number of nitrogens with zero attached hydrogens (tertiary/aromatic N) is 2. The monoisotopic (exact) mass is 285 g/mol. The van der Waals surface area contributed by atoms with Crippen molar-refractivity contribution in [2.24, 2.45) is 0 Å². The summed E-state index contributed by atoms with van der Waals surface area (Å²) < 4.78 is 0. The van der Waals surface area contributed by atoms with Gasteiger partial charge in [0, 0.05) is 32.5 Å². The number of amides is 1. The molecule has 21 heavy (non-hydrogen) atoms. The van der Waals surface area contributed by atoms with Crippen molar-refractivity contribution in [3.05, 3.63) is 59.9 Å². The zero-order valence-corrected chi connectivity index (χ0v) is 12.2. The number of carbonyl (C=O) groups excluding carboxylic acids is 1. The molecule has 5 heteroatoms. The van der Waals surface area contributed by atoms with E-state index in [4.69, 9.17) is 0 Å². The number of aliphatic hydroxyl groups excluding tert-OH is 1. The van der Waals surface area contributed by atoms with Gasteiger partial charge in [0.05, 0.1) is 6.10 Å². The third-order valence-corrected chi connectivity index (χ3v) is 3.07. The minimum Gasteiger partial charge on any atom is -0.387 e. The van der Waals surface area contributed by atoms with Crippen LogP contribution in [0.15, 0.2) is 48.7 Å². The van der Waals surface area contributed by atoms with E-state index >= 15 is 0 Å². The highest BCUT2D eigenvalue weighted by atomic mass is 16.3. The second-order valence-corrected chi connectivity index (χ2v) is 4.94. The maximum Gasteiger partial charge on any atom is 0.272 e. The van der Waals surface area contributed by atoms with E-state index in [1.54, 1.807) is 32.4 Å². The summed E-state index contributed by atoms with van der Waals surface area (Å²) in [6, 6.07) is 12.9. The average Bonchev–Trinajstić information content (AvgIpc) is 2.53. The number of benzene rings is 1. The third kappa shape index (κ3) is 4.03. The average molecular weight is 285 g/mol. The predicted octanol–water partition coefficient (Wildman–Crippen LogP) is 1.93. The molecule has 0 aliphatic carbocycles. The van der Waals surface area contributed by atoms with Gasteiger partial charge in [0.2, 0.25) is 0 Å². The van der Waals surface area contributed by atoms with Gasteiger partial charge >= 0.3 is 0 Å². The second kappa shape index (κ2) is 6.85. The van der Waals surface area contributed by atoms with Crippen LogP contribution in [0.5, 0.6) is 0 Å². The van der Waals surface area contributed by atoms with E-state index in [0.717, 1.165) is 11.3 Å². The molecule has 1 aromatic heterocycles. The van der Waals surface area contributed by atoms with E-state index in [0.29, 0.717) is 12.2 Å². The van der Waals surface area contributed by atoms with Crippen LogP contribution >= 0.6 is 0 Å². The highest BCUT2D eigenvalue weighted by molar-refractivity contribution is 5.92. The van der Waals surface area contributed by atoms with Crippen LogP contribution in [0, 0.1) is 0 Å². The summed E-state index contributed by atoms with van der Waals surface area (Å²) in [5, 5.41) is 13.2. The Hall–Kier alpha value is -2.40. The van der Waals surface area contributed by atoms with Crippen LogP contribution in [-0.4, -0.2) is 41.5 Å². The Morgan fingerprint density at radius 1 is 1.29 bits per heavy atom. The molecule has 1 aromatic carbocycles. The van der Waals surface area contributed by atoms with Crippen molar-refractivity contribution < 1.29 is 9.90 Å². The molecule has 0 aliphatic heterocycles. The standard InChI is InChI=1S/C16H19N3O2/c1-19(2)16(21)14-10-13(8-9-17-14)18-11-15(20)12-6-4-3-5-7-12/h3-10,15,20H,11H2,1-2H3,(H,17,18). The molecule has 0 fully saturated rings. The van der Waals surface area contributed by atoms with Crippen molar-refractivity contribution >= 4 is 11.6 Å². The van der Waals surface area contributed by atoms with Crippen LogP contribution in [0.25, 0.3) is 0 Å². The summed E-state index contributed by atoms with van der Waals surface area (Å²) in [6.45, 7) is 0.365. The van der Waals surface area contributed by atoms with Crippen molar-refractivity contribution in [2.45, 2.75) is 6.10 Å². The molecular weight excluding hydrogens is 266 g/mol. The highest BCUT2D eigenvalue weighted by Crippen LogP contribution is 2.15. The Bertz CT molecular complexity index is 599. The molecule has 110 valence electrons. The van der Waals surface area contributed by atoms with Crippen molar-refractivity contribution in [3.8, 4) is 0 Å². The van der Waals surface area contributed by atoms with Gasteiger partial charge < -0.3 is 15.3 Å². The summed E-state index contributed by atoms with van der Waals surface area (Å²) in [6.07, 6.45) is 0.973. The molecule has 0 saturated carbocycles. The number of hydrogen-bond donors (Lipinski definition) is 2. The molecule has 0 saturated heterocycles. The first-order valence-electron chi connectivity index (χ1n) is 6.72. The van der Waals surface area contributed by atoms with Gasteiger partial charge in [0.1, 0.15) is 5.69 Å². The number of anilines is 1. The van der Waals surface area contributed by atoms with Gasteiger partial charge in [-0.25, -0.2) is 0 Å².